The molecule has 0 aliphatic carbocycles. The van der Waals surface area contributed by atoms with Gasteiger partial charge in [-0.15, -0.1) is 0 Å². The van der Waals surface area contributed by atoms with Crippen molar-refractivity contribution in [2.75, 3.05) is 26.4 Å². The monoisotopic (exact) mass is 438 g/mol. The largest absolute Gasteiger partial charge is 0.462 e. The predicted molar refractivity (Wildman–Crippen MR) is 124 cm³/mol. The van der Waals surface area contributed by atoms with Gasteiger partial charge in [0.05, 0.1) is 12.2 Å². The topological polar surface area (TPSA) is 54.0 Å². The highest BCUT2D eigenvalue weighted by atomic mass is 28.4. The standard InChI is InChI=1S/C13H28O3Si.C11H14O2/c1-5-13(14-6-2)11-9-10-12-17(13,15-7-3)16-8-4;1-9(2)8-13-11(12)10-6-4-3-5-7-10/h5-12H2,1-4H3;3-7,9H,8H2,1-2H3. The van der Waals surface area contributed by atoms with E-state index in [2.05, 4.69) is 27.7 Å². The molecule has 0 bridgehead atoms. The van der Waals surface area contributed by atoms with E-state index in [4.69, 9.17) is 18.3 Å². The van der Waals surface area contributed by atoms with Crippen molar-refractivity contribution >= 4 is 14.5 Å². The zero-order valence-corrected chi connectivity index (χ0v) is 20.9. The fourth-order valence-corrected chi connectivity index (χ4v) is 8.47. The molecule has 1 fully saturated rings. The summed E-state index contributed by atoms with van der Waals surface area (Å²) >= 11 is 0. The molecule has 6 heteroatoms. The lowest BCUT2D eigenvalue weighted by atomic mass is 10.1. The van der Waals surface area contributed by atoms with Gasteiger partial charge in [0.2, 0.25) is 0 Å². The average Bonchev–Trinajstić information content (AvgIpc) is 2.75. The van der Waals surface area contributed by atoms with Crippen LogP contribution in [-0.4, -0.2) is 46.2 Å². The molecule has 1 aromatic rings. The van der Waals surface area contributed by atoms with E-state index in [1.165, 1.54) is 12.8 Å². The molecule has 172 valence electrons. The van der Waals surface area contributed by atoms with Crippen LogP contribution >= 0.6 is 0 Å². The highest BCUT2D eigenvalue weighted by molar-refractivity contribution is 6.70. The summed E-state index contributed by atoms with van der Waals surface area (Å²) in [5.41, 5.74) is 0.614. The van der Waals surface area contributed by atoms with E-state index in [1.54, 1.807) is 12.1 Å². The van der Waals surface area contributed by atoms with Gasteiger partial charge < -0.3 is 18.3 Å². The fourth-order valence-electron chi connectivity index (χ4n) is 4.01. The summed E-state index contributed by atoms with van der Waals surface area (Å²) in [7, 11) is -2.21. The van der Waals surface area contributed by atoms with Crippen LogP contribution in [0.4, 0.5) is 0 Å². The van der Waals surface area contributed by atoms with Gasteiger partial charge in [-0.2, -0.15) is 0 Å². The molecule has 1 saturated heterocycles. The summed E-state index contributed by atoms with van der Waals surface area (Å²) < 4.78 is 23.5. The second-order valence-corrected chi connectivity index (χ2v) is 11.5. The number of carbonyl (C=O) groups excluding carboxylic acids is 1. The second kappa shape index (κ2) is 14.0. The number of benzene rings is 1. The van der Waals surface area contributed by atoms with Crippen molar-refractivity contribution in [3.8, 4) is 0 Å². The normalized spacial score (nSPS) is 20.4. The Bertz CT molecular complexity index is 577. The Morgan fingerprint density at radius 2 is 1.63 bits per heavy atom. The third-order valence-electron chi connectivity index (χ3n) is 5.33. The molecule has 1 aliphatic rings. The van der Waals surface area contributed by atoms with Crippen LogP contribution in [0, 0.1) is 5.92 Å². The van der Waals surface area contributed by atoms with Crippen molar-refractivity contribution in [2.24, 2.45) is 5.92 Å². The van der Waals surface area contributed by atoms with Crippen molar-refractivity contribution < 1.29 is 23.1 Å². The molecule has 0 spiro atoms. The molecule has 0 saturated carbocycles. The van der Waals surface area contributed by atoms with Crippen molar-refractivity contribution in [3.63, 3.8) is 0 Å². The van der Waals surface area contributed by atoms with Gasteiger partial charge >= 0.3 is 14.5 Å². The summed E-state index contributed by atoms with van der Waals surface area (Å²) in [6.07, 6.45) is 4.57. The first-order chi connectivity index (χ1) is 14.4. The minimum absolute atomic E-state index is 0.119. The molecule has 0 N–H and O–H groups in total. The van der Waals surface area contributed by atoms with E-state index >= 15 is 0 Å². The van der Waals surface area contributed by atoms with Crippen LogP contribution in [-0.2, 0) is 18.3 Å². The zero-order valence-electron chi connectivity index (χ0n) is 19.9. The summed E-state index contributed by atoms with van der Waals surface area (Å²) in [6.45, 7) is 15.1. The van der Waals surface area contributed by atoms with E-state index in [9.17, 15) is 4.79 Å². The van der Waals surface area contributed by atoms with Gasteiger partial charge in [0.1, 0.15) is 5.22 Å². The van der Waals surface area contributed by atoms with Crippen molar-refractivity contribution in [3.05, 3.63) is 35.9 Å². The van der Waals surface area contributed by atoms with Crippen molar-refractivity contribution in [1.29, 1.82) is 0 Å². The number of carbonyl (C=O) groups is 1. The maximum Gasteiger partial charge on any atom is 0.371 e. The first-order valence-electron chi connectivity index (χ1n) is 11.5. The van der Waals surface area contributed by atoms with Crippen LogP contribution in [0.1, 0.15) is 77.6 Å². The van der Waals surface area contributed by atoms with Crippen LogP contribution in [0.2, 0.25) is 6.04 Å². The lowest BCUT2D eigenvalue weighted by molar-refractivity contribution is -0.0426. The fraction of sp³-hybridized carbons (Fsp3) is 0.708. The van der Waals surface area contributed by atoms with Crippen LogP contribution < -0.4 is 0 Å². The first kappa shape index (κ1) is 26.8. The molecule has 1 aromatic carbocycles. The summed E-state index contributed by atoms with van der Waals surface area (Å²) in [5, 5.41) is -0.119. The molecule has 1 atom stereocenters. The Labute approximate surface area is 184 Å². The van der Waals surface area contributed by atoms with Crippen LogP contribution in [0.3, 0.4) is 0 Å². The van der Waals surface area contributed by atoms with E-state index < -0.39 is 8.56 Å². The third kappa shape index (κ3) is 7.48. The Kier molecular flexibility index (Phi) is 12.5. The molecular formula is C24H42O5Si. The zero-order chi connectivity index (χ0) is 22.5. The second-order valence-electron chi connectivity index (χ2n) is 7.97. The SMILES string of the molecule is CC(C)COC(=O)c1ccccc1.CCOC1(CC)CCCC[Si]1(OCC)OCC. The van der Waals surface area contributed by atoms with E-state index in [1.807, 2.05) is 32.0 Å². The highest BCUT2D eigenvalue weighted by Crippen LogP contribution is 2.42. The number of rotatable bonds is 10. The van der Waals surface area contributed by atoms with Gasteiger partial charge in [-0.3, -0.25) is 0 Å². The van der Waals surface area contributed by atoms with E-state index in [0.29, 0.717) is 18.1 Å². The molecule has 30 heavy (non-hydrogen) atoms. The first-order valence-corrected chi connectivity index (χ1v) is 13.6. The van der Waals surface area contributed by atoms with Gasteiger partial charge in [-0.25, -0.2) is 4.79 Å². The molecule has 0 radical (unpaired) electrons. The third-order valence-corrected chi connectivity index (χ3v) is 9.99. The average molecular weight is 439 g/mol. The smallest absolute Gasteiger partial charge is 0.371 e. The molecule has 0 amide bonds. The highest BCUT2D eigenvalue weighted by Gasteiger charge is 2.58. The Morgan fingerprint density at radius 1 is 1.00 bits per heavy atom. The summed E-state index contributed by atoms with van der Waals surface area (Å²) in [4.78, 5) is 11.3. The van der Waals surface area contributed by atoms with E-state index in [0.717, 1.165) is 38.7 Å². The minimum atomic E-state index is -2.21. The van der Waals surface area contributed by atoms with Crippen LogP contribution in [0.5, 0.6) is 0 Å². The van der Waals surface area contributed by atoms with Gasteiger partial charge in [0.25, 0.3) is 0 Å². The van der Waals surface area contributed by atoms with Gasteiger partial charge in [-0.1, -0.05) is 51.8 Å². The Hall–Kier alpha value is -1.21. The van der Waals surface area contributed by atoms with Crippen molar-refractivity contribution in [1.82, 2.24) is 0 Å². The quantitative estimate of drug-likeness (QED) is 0.336. The van der Waals surface area contributed by atoms with Crippen molar-refractivity contribution in [2.45, 2.75) is 78.5 Å². The van der Waals surface area contributed by atoms with Gasteiger partial charge in [0, 0.05) is 19.8 Å². The van der Waals surface area contributed by atoms with Crippen LogP contribution in [0.15, 0.2) is 30.3 Å². The summed E-state index contributed by atoms with van der Waals surface area (Å²) in [5.74, 6) is 0.141. The van der Waals surface area contributed by atoms with Gasteiger partial charge in [0.15, 0.2) is 0 Å². The van der Waals surface area contributed by atoms with E-state index in [-0.39, 0.29) is 11.2 Å². The summed E-state index contributed by atoms with van der Waals surface area (Å²) in [6, 6.07) is 10.1. The molecule has 1 heterocycles. The van der Waals surface area contributed by atoms with Crippen LogP contribution in [0.25, 0.3) is 0 Å². The predicted octanol–water partition coefficient (Wildman–Crippen LogP) is 5.91. The molecule has 2 rings (SSSR count). The molecule has 0 aromatic heterocycles. The maximum atomic E-state index is 11.3. The maximum absolute atomic E-state index is 11.3. The number of hydrogen-bond acceptors (Lipinski definition) is 5. The number of ether oxygens (including phenoxy) is 2. The molecule has 1 unspecified atom stereocenters. The minimum Gasteiger partial charge on any atom is -0.462 e. The molecular weight excluding hydrogens is 396 g/mol. The Morgan fingerprint density at radius 3 is 2.13 bits per heavy atom. The molecule has 1 aliphatic heterocycles. The lowest BCUT2D eigenvalue weighted by Crippen LogP contribution is -2.65. The number of hydrogen-bond donors (Lipinski definition) is 0. The Balaban J connectivity index is 0.000000311. The van der Waals surface area contributed by atoms with Gasteiger partial charge in [-0.05, 0) is 57.7 Å². The molecule has 5 nitrogen and oxygen atoms in total. The lowest BCUT2D eigenvalue weighted by Gasteiger charge is -2.49. The number of esters is 1.